The molecular weight excluding hydrogens is 454 g/mol. The zero-order valence-electron chi connectivity index (χ0n) is 18.0. The van der Waals surface area contributed by atoms with Gasteiger partial charge in [-0.15, -0.1) is 0 Å². The molecule has 0 bridgehead atoms. The maximum Gasteiger partial charge on any atom is 0.326 e. The highest BCUT2D eigenvalue weighted by Crippen LogP contribution is 2.42. The highest BCUT2D eigenvalue weighted by atomic mass is 32.2. The number of nitrogens with one attached hydrogen (secondary N) is 1. The van der Waals surface area contributed by atoms with Gasteiger partial charge in [0.2, 0.25) is 10.0 Å². The fourth-order valence-corrected chi connectivity index (χ4v) is 5.68. The highest BCUT2D eigenvalue weighted by Gasteiger charge is 2.51. The third-order valence-electron chi connectivity index (χ3n) is 6.43. The lowest BCUT2D eigenvalue weighted by Crippen LogP contribution is -2.42. The molecule has 33 heavy (non-hydrogen) atoms. The lowest BCUT2D eigenvalue weighted by Gasteiger charge is -2.22. The molecule has 1 aromatic heterocycles. The molecule has 2 aliphatic rings. The quantitative estimate of drug-likeness (QED) is 0.608. The summed E-state index contributed by atoms with van der Waals surface area (Å²) in [5.74, 6) is -1.32. The van der Waals surface area contributed by atoms with Gasteiger partial charge in [-0.05, 0) is 38.5 Å². The van der Waals surface area contributed by atoms with Crippen LogP contribution in [0.2, 0.25) is 0 Å². The molecule has 2 aromatic carbocycles. The molecule has 3 atom stereocenters. The monoisotopic (exact) mass is 476 g/mol. The molecule has 0 saturated carbocycles. The van der Waals surface area contributed by atoms with Crippen LogP contribution in [0.25, 0.3) is 22.1 Å². The van der Waals surface area contributed by atoms with Gasteiger partial charge in [0.15, 0.2) is 11.4 Å². The Morgan fingerprint density at radius 1 is 1.18 bits per heavy atom. The maximum absolute atomic E-state index is 14.6. The number of amides is 2. The van der Waals surface area contributed by atoms with Gasteiger partial charge in [0.25, 0.3) is 0 Å². The first-order valence-electron chi connectivity index (χ1n) is 10.6. The van der Waals surface area contributed by atoms with E-state index < -0.39 is 21.7 Å². The first-order chi connectivity index (χ1) is 15.7. The molecule has 2 amide bonds. The summed E-state index contributed by atoms with van der Waals surface area (Å²) >= 11 is 0. The summed E-state index contributed by atoms with van der Waals surface area (Å²) in [6.45, 7) is 3.62. The van der Waals surface area contributed by atoms with Gasteiger partial charge in [-0.3, -0.25) is 4.90 Å². The number of urea groups is 1. The zero-order valence-corrected chi connectivity index (χ0v) is 18.8. The Balaban J connectivity index is 1.54. The number of aromatic nitrogens is 1. The molecule has 1 N–H and O–H groups in total. The van der Waals surface area contributed by atoms with Crippen LogP contribution in [0.3, 0.4) is 0 Å². The van der Waals surface area contributed by atoms with E-state index in [-0.39, 0.29) is 53.4 Å². The van der Waals surface area contributed by atoms with Crippen LogP contribution in [0.4, 0.5) is 19.4 Å². The minimum absolute atomic E-state index is 0.0376. The van der Waals surface area contributed by atoms with Gasteiger partial charge in [-0.2, -0.15) is 0 Å². The van der Waals surface area contributed by atoms with Crippen LogP contribution in [0, 0.1) is 11.6 Å². The van der Waals surface area contributed by atoms with Crippen molar-refractivity contribution in [3.63, 3.8) is 0 Å². The summed E-state index contributed by atoms with van der Waals surface area (Å²) in [6, 6.07) is 7.08. The zero-order chi connectivity index (χ0) is 23.5. The number of hydrogen-bond acceptors (Lipinski definition) is 5. The van der Waals surface area contributed by atoms with E-state index in [0.29, 0.717) is 17.4 Å². The lowest BCUT2D eigenvalue weighted by atomic mass is 9.99. The normalized spacial score (nSPS) is 23.0. The molecular formula is C22H22F2N4O4S. The predicted molar refractivity (Wildman–Crippen MR) is 118 cm³/mol. The molecule has 1 unspecified atom stereocenters. The van der Waals surface area contributed by atoms with E-state index in [0.717, 1.165) is 0 Å². The Kier molecular flexibility index (Phi) is 5.13. The molecule has 5 rings (SSSR count). The van der Waals surface area contributed by atoms with Gasteiger partial charge < -0.3 is 9.42 Å². The number of fused-ring (bicyclic) bond motifs is 2. The van der Waals surface area contributed by atoms with Gasteiger partial charge in [-0.1, -0.05) is 23.4 Å². The second kappa shape index (κ2) is 7.77. The van der Waals surface area contributed by atoms with Crippen molar-refractivity contribution in [1.29, 1.82) is 0 Å². The van der Waals surface area contributed by atoms with Crippen molar-refractivity contribution in [2.24, 2.45) is 0 Å². The third-order valence-corrected chi connectivity index (χ3v) is 7.88. The second-order valence-corrected chi connectivity index (χ2v) is 10.4. The summed E-state index contributed by atoms with van der Waals surface area (Å²) in [6.07, 6.45) is 0.452. The van der Waals surface area contributed by atoms with Crippen molar-refractivity contribution in [1.82, 2.24) is 14.8 Å². The Bertz CT molecular complexity index is 1340. The highest BCUT2D eigenvalue weighted by molar-refractivity contribution is 7.89. The summed E-state index contributed by atoms with van der Waals surface area (Å²) in [5.41, 5.74) is 0.312. The van der Waals surface area contributed by atoms with Crippen LogP contribution in [0.15, 0.2) is 40.9 Å². The van der Waals surface area contributed by atoms with E-state index in [1.165, 1.54) is 23.1 Å². The summed E-state index contributed by atoms with van der Waals surface area (Å²) in [4.78, 5) is 16.4. The van der Waals surface area contributed by atoms with E-state index in [1.54, 1.807) is 30.0 Å². The molecule has 8 nitrogen and oxygen atoms in total. The first kappa shape index (κ1) is 21.8. The number of anilines is 1. The topological polar surface area (TPSA) is 95.7 Å². The largest absolute Gasteiger partial charge is 0.354 e. The Morgan fingerprint density at radius 3 is 2.55 bits per heavy atom. The smallest absolute Gasteiger partial charge is 0.326 e. The van der Waals surface area contributed by atoms with Crippen LogP contribution in [-0.2, 0) is 10.0 Å². The summed E-state index contributed by atoms with van der Waals surface area (Å²) < 4.78 is 61.2. The average Bonchev–Trinajstić information content (AvgIpc) is 3.43. The van der Waals surface area contributed by atoms with Crippen molar-refractivity contribution in [2.45, 2.75) is 38.4 Å². The van der Waals surface area contributed by atoms with E-state index in [2.05, 4.69) is 9.88 Å². The van der Waals surface area contributed by atoms with Crippen molar-refractivity contribution in [3.8, 4) is 11.1 Å². The second-order valence-electron chi connectivity index (χ2n) is 8.35. The molecule has 174 valence electrons. The number of hydrogen-bond donors (Lipinski definition) is 1. The average molecular weight is 477 g/mol. The number of halogens is 2. The molecule has 2 fully saturated rings. The molecule has 11 heteroatoms. The Hall–Kier alpha value is -3.05. The van der Waals surface area contributed by atoms with Crippen LogP contribution in [-0.4, -0.2) is 54.9 Å². The summed E-state index contributed by atoms with van der Waals surface area (Å²) in [7, 11) is -3.40. The van der Waals surface area contributed by atoms with E-state index >= 15 is 0 Å². The van der Waals surface area contributed by atoms with Gasteiger partial charge >= 0.3 is 6.03 Å². The van der Waals surface area contributed by atoms with Gasteiger partial charge in [0, 0.05) is 18.2 Å². The van der Waals surface area contributed by atoms with E-state index in [9.17, 15) is 22.0 Å². The lowest BCUT2D eigenvalue weighted by molar-refractivity contribution is 0.218. The fraction of sp³-hybridized carbons (Fsp3) is 0.364. The third kappa shape index (κ3) is 3.46. The minimum Gasteiger partial charge on any atom is -0.354 e. The van der Waals surface area contributed by atoms with Gasteiger partial charge in [0.1, 0.15) is 11.6 Å². The van der Waals surface area contributed by atoms with Crippen molar-refractivity contribution in [2.75, 3.05) is 17.2 Å². The maximum atomic E-state index is 14.6. The van der Waals surface area contributed by atoms with Crippen LogP contribution >= 0.6 is 0 Å². The Morgan fingerprint density at radius 2 is 1.88 bits per heavy atom. The summed E-state index contributed by atoms with van der Waals surface area (Å²) in [5, 5.41) is 4.43. The van der Waals surface area contributed by atoms with Gasteiger partial charge in [0.05, 0.1) is 28.8 Å². The molecule has 0 radical (unpaired) electrons. The van der Waals surface area contributed by atoms with Crippen molar-refractivity contribution >= 4 is 32.8 Å². The predicted octanol–water partition coefficient (Wildman–Crippen LogP) is 3.48. The number of nitrogens with zero attached hydrogens (tertiary/aromatic N) is 3. The number of carbonyl (C=O) groups is 1. The Labute approximate surface area is 189 Å². The van der Waals surface area contributed by atoms with Crippen LogP contribution in [0.5, 0.6) is 0 Å². The first-order valence-corrected chi connectivity index (χ1v) is 12.3. The minimum atomic E-state index is -3.40. The van der Waals surface area contributed by atoms with Gasteiger partial charge in [-0.25, -0.2) is 26.7 Å². The van der Waals surface area contributed by atoms with E-state index in [1.807, 2.05) is 6.92 Å². The van der Waals surface area contributed by atoms with E-state index in [4.69, 9.17) is 4.52 Å². The molecule has 3 aromatic rings. The molecule has 2 aliphatic heterocycles. The number of benzene rings is 2. The SMILES string of the molecule is CCS(=O)(=O)N[C@H]1C[C@H]2C(C)N(c3noc4cccc(-c5c(F)cccc5F)c34)C(=O)N2C1. The van der Waals surface area contributed by atoms with Crippen molar-refractivity contribution in [3.05, 3.63) is 48.0 Å². The van der Waals surface area contributed by atoms with Crippen molar-refractivity contribution < 1.29 is 26.5 Å². The van der Waals surface area contributed by atoms with Crippen LogP contribution < -0.4 is 9.62 Å². The molecule has 0 aliphatic carbocycles. The fourth-order valence-electron chi connectivity index (χ4n) is 4.84. The van der Waals surface area contributed by atoms with Crippen LogP contribution in [0.1, 0.15) is 20.3 Å². The standard InChI is InChI=1S/C22H22F2N4O4S/c1-3-33(30,31)26-13-10-17-12(2)28(22(29)27(17)11-13)21-20-14(6-4-9-18(20)32-25-21)19-15(23)7-5-8-16(19)24/h4-9,12-13,17,26H,3,10-11H2,1-2H3/t12?,13-,17-/m0/s1. The number of sulfonamides is 1. The molecule has 0 spiro atoms. The molecule has 2 saturated heterocycles. The number of rotatable bonds is 5. The molecule has 3 heterocycles. The number of carbonyl (C=O) groups excluding carboxylic acids is 1.